The third kappa shape index (κ3) is 3.94. The summed E-state index contributed by atoms with van der Waals surface area (Å²) in [6, 6.07) is 1.72. The molecule has 130 valence electrons. The van der Waals surface area contributed by atoms with E-state index in [4.69, 9.17) is 0 Å². The normalized spacial score (nSPS) is 14.9. The number of anilines is 1. The Bertz CT molecular complexity index is 668. The van der Waals surface area contributed by atoms with E-state index in [9.17, 15) is 9.18 Å². The molecule has 2 aromatic rings. The van der Waals surface area contributed by atoms with Crippen molar-refractivity contribution in [1.29, 1.82) is 0 Å². The van der Waals surface area contributed by atoms with Gasteiger partial charge in [0.25, 0.3) is 0 Å². The van der Waals surface area contributed by atoms with E-state index in [1.54, 1.807) is 38.2 Å². The minimum absolute atomic E-state index is 0.0719. The minimum Gasteiger partial charge on any atom is -0.388 e. The first-order chi connectivity index (χ1) is 11.6. The molecular formula is C16H22FN5O2. The maximum atomic E-state index is 14.7. The van der Waals surface area contributed by atoms with Crippen LogP contribution in [-0.4, -0.2) is 53.3 Å². The van der Waals surface area contributed by atoms with E-state index in [2.05, 4.69) is 19.8 Å². The van der Waals surface area contributed by atoms with E-state index in [1.165, 1.54) is 6.33 Å². The van der Waals surface area contributed by atoms with Gasteiger partial charge < -0.3 is 14.4 Å². The molecular weight excluding hydrogens is 313 g/mol. The fourth-order valence-electron chi connectivity index (χ4n) is 2.61. The molecule has 8 heteroatoms. The van der Waals surface area contributed by atoms with Gasteiger partial charge in [0.1, 0.15) is 18.3 Å². The number of aldehydes is 1. The summed E-state index contributed by atoms with van der Waals surface area (Å²) in [5, 5.41) is 4.03. The molecule has 1 saturated heterocycles. The van der Waals surface area contributed by atoms with Crippen molar-refractivity contribution in [2.24, 2.45) is 13.0 Å². The number of methoxy groups -OCH3 is 1. The molecule has 0 amide bonds. The first kappa shape index (κ1) is 18.0. The summed E-state index contributed by atoms with van der Waals surface area (Å²) in [7, 11) is 4.99. The number of halogens is 1. The Morgan fingerprint density at radius 1 is 1.29 bits per heavy atom. The van der Waals surface area contributed by atoms with Gasteiger partial charge in [0.15, 0.2) is 11.6 Å². The number of hydrogen-bond donors (Lipinski definition) is 0. The van der Waals surface area contributed by atoms with Crippen LogP contribution in [0.5, 0.6) is 0 Å². The lowest BCUT2D eigenvalue weighted by atomic mass is 9.98. The number of carbonyl (C=O) groups is 1. The van der Waals surface area contributed by atoms with Crippen molar-refractivity contribution in [3.05, 3.63) is 24.4 Å². The highest BCUT2D eigenvalue weighted by Crippen LogP contribution is 2.28. The summed E-state index contributed by atoms with van der Waals surface area (Å²) >= 11 is 0. The Kier molecular flexibility index (Phi) is 6.36. The Balaban J connectivity index is 0.000000647. The van der Waals surface area contributed by atoms with Crippen LogP contribution >= 0.6 is 0 Å². The van der Waals surface area contributed by atoms with Gasteiger partial charge in [-0.3, -0.25) is 4.68 Å². The number of carbonyl (C=O) groups excluding carboxylic acids is 1. The van der Waals surface area contributed by atoms with Crippen LogP contribution in [0.1, 0.15) is 12.8 Å². The zero-order chi connectivity index (χ0) is 17.5. The predicted octanol–water partition coefficient (Wildman–Crippen LogP) is 1.69. The molecule has 24 heavy (non-hydrogen) atoms. The molecule has 0 radical (unpaired) electrons. The van der Waals surface area contributed by atoms with Crippen molar-refractivity contribution in [3.63, 3.8) is 0 Å². The Morgan fingerprint density at radius 3 is 2.50 bits per heavy atom. The lowest BCUT2D eigenvalue weighted by molar-refractivity contribution is -0.111. The molecule has 0 aromatic carbocycles. The Morgan fingerprint density at radius 2 is 1.96 bits per heavy atom. The van der Waals surface area contributed by atoms with Gasteiger partial charge >= 0.3 is 0 Å². The molecule has 0 bridgehead atoms. The highest BCUT2D eigenvalue weighted by Gasteiger charge is 2.24. The van der Waals surface area contributed by atoms with E-state index in [0.29, 0.717) is 24.6 Å². The molecule has 1 aliphatic heterocycles. The number of rotatable bonds is 3. The second kappa shape index (κ2) is 8.49. The summed E-state index contributed by atoms with van der Waals surface area (Å²) in [6.07, 6.45) is 5.41. The molecule has 7 nitrogen and oxygen atoms in total. The van der Waals surface area contributed by atoms with Crippen molar-refractivity contribution >= 4 is 12.1 Å². The van der Waals surface area contributed by atoms with Crippen LogP contribution in [0.3, 0.4) is 0 Å². The van der Waals surface area contributed by atoms with E-state index in [-0.39, 0.29) is 11.6 Å². The highest BCUT2D eigenvalue weighted by atomic mass is 19.1. The molecule has 0 saturated carbocycles. The SMILES string of the molecule is COC.Cn1nccc1-c1ncnc(N2CCC(C=O)CC2)c1F. The van der Waals surface area contributed by atoms with Gasteiger partial charge in [-0.25, -0.2) is 14.4 Å². The smallest absolute Gasteiger partial charge is 0.193 e. The van der Waals surface area contributed by atoms with Gasteiger partial charge in [-0.05, 0) is 18.9 Å². The number of piperidine rings is 1. The molecule has 0 N–H and O–H groups in total. The number of aryl methyl sites for hydroxylation is 1. The summed E-state index contributed by atoms with van der Waals surface area (Å²) in [5.74, 6) is -0.0705. The Labute approximate surface area is 140 Å². The zero-order valence-electron chi connectivity index (χ0n) is 14.1. The number of ether oxygens (including phenoxy) is 1. The van der Waals surface area contributed by atoms with Crippen LogP contribution in [-0.2, 0) is 16.6 Å². The van der Waals surface area contributed by atoms with E-state index in [1.807, 2.05) is 4.90 Å². The number of nitrogens with zero attached hydrogens (tertiary/aromatic N) is 5. The third-order valence-corrected chi connectivity index (χ3v) is 3.87. The molecule has 0 unspecified atom stereocenters. The largest absolute Gasteiger partial charge is 0.388 e. The average molecular weight is 335 g/mol. The average Bonchev–Trinajstić information content (AvgIpc) is 3.02. The molecule has 0 aliphatic carbocycles. The molecule has 1 aliphatic rings. The lowest BCUT2D eigenvalue weighted by Crippen LogP contribution is -2.35. The Hall–Kier alpha value is -2.35. The topological polar surface area (TPSA) is 73.1 Å². The maximum Gasteiger partial charge on any atom is 0.193 e. The number of aromatic nitrogens is 4. The second-order valence-electron chi connectivity index (χ2n) is 5.57. The van der Waals surface area contributed by atoms with E-state index < -0.39 is 5.82 Å². The fourth-order valence-corrected chi connectivity index (χ4v) is 2.61. The van der Waals surface area contributed by atoms with Crippen LogP contribution < -0.4 is 4.90 Å². The lowest BCUT2D eigenvalue weighted by Gasteiger charge is -2.30. The molecule has 2 aromatic heterocycles. The molecule has 0 spiro atoms. The van der Waals surface area contributed by atoms with Crippen molar-refractivity contribution in [2.75, 3.05) is 32.2 Å². The van der Waals surface area contributed by atoms with Crippen LogP contribution in [0.4, 0.5) is 10.2 Å². The van der Waals surface area contributed by atoms with Crippen LogP contribution in [0.25, 0.3) is 11.4 Å². The van der Waals surface area contributed by atoms with Gasteiger partial charge in [-0.2, -0.15) is 5.10 Å². The standard InChI is InChI=1S/C14H16FN5O.C2H6O/c1-19-11(2-5-18-19)13-12(15)14(17-9-16-13)20-6-3-10(8-21)4-7-20;1-3-2/h2,5,8-10H,3-4,6-7H2,1H3;1-2H3. The first-order valence-electron chi connectivity index (χ1n) is 7.71. The molecule has 3 heterocycles. The molecule has 3 rings (SSSR count). The zero-order valence-corrected chi connectivity index (χ0v) is 14.1. The summed E-state index contributed by atoms with van der Waals surface area (Å²) < 4.78 is 20.5. The van der Waals surface area contributed by atoms with Gasteiger partial charge in [0.05, 0.1) is 5.69 Å². The maximum absolute atomic E-state index is 14.7. The van der Waals surface area contributed by atoms with Gasteiger partial charge in [0.2, 0.25) is 0 Å². The minimum atomic E-state index is -0.439. The quantitative estimate of drug-likeness (QED) is 0.795. The van der Waals surface area contributed by atoms with Gasteiger partial charge in [-0.15, -0.1) is 0 Å². The van der Waals surface area contributed by atoms with Crippen LogP contribution in [0.2, 0.25) is 0 Å². The third-order valence-electron chi connectivity index (χ3n) is 3.87. The van der Waals surface area contributed by atoms with E-state index in [0.717, 1.165) is 19.1 Å². The highest BCUT2D eigenvalue weighted by molar-refractivity contribution is 5.61. The monoisotopic (exact) mass is 335 g/mol. The number of hydrogen-bond acceptors (Lipinski definition) is 6. The van der Waals surface area contributed by atoms with Crippen LogP contribution in [0, 0.1) is 11.7 Å². The van der Waals surface area contributed by atoms with Crippen molar-refractivity contribution in [2.45, 2.75) is 12.8 Å². The summed E-state index contributed by atoms with van der Waals surface area (Å²) in [4.78, 5) is 20.8. The first-order valence-corrected chi connectivity index (χ1v) is 7.71. The molecule has 1 fully saturated rings. The summed E-state index contributed by atoms with van der Waals surface area (Å²) in [6.45, 7) is 1.25. The predicted molar refractivity (Wildman–Crippen MR) is 88.1 cm³/mol. The fraction of sp³-hybridized carbons (Fsp3) is 0.500. The molecule has 0 atom stereocenters. The summed E-state index contributed by atoms with van der Waals surface area (Å²) in [5.41, 5.74) is 0.858. The van der Waals surface area contributed by atoms with Gasteiger partial charge in [-0.1, -0.05) is 0 Å². The van der Waals surface area contributed by atoms with Gasteiger partial charge in [0, 0.05) is 46.5 Å². The van der Waals surface area contributed by atoms with Crippen molar-refractivity contribution in [3.8, 4) is 11.4 Å². The van der Waals surface area contributed by atoms with E-state index >= 15 is 0 Å². The van der Waals surface area contributed by atoms with Crippen LogP contribution in [0.15, 0.2) is 18.6 Å². The second-order valence-corrected chi connectivity index (χ2v) is 5.57. The van der Waals surface area contributed by atoms with Crippen molar-refractivity contribution in [1.82, 2.24) is 19.7 Å². The van der Waals surface area contributed by atoms with Crippen molar-refractivity contribution < 1.29 is 13.9 Å².